The summed E-state index contributed by atoms with van der Waals surface area (Å²) >= 11 is 0. The summed E-state index contributed by atoms with van der Waals surface area (Å²) in [5.74, 6) is 0.765. The normalized spacial score (nSPS) is 17.9. The molecule has 1 atom stereocenters. The Hall–Kier alpha value is -2.19. The number of nitro benzene ring substituents is 1. The van der Waals surface area contributed by atoms with Crippen molar-refractivity contribution in [2.24, 2.45) is 0 Å². The maximum Gasteiger partial charge on any atom is 0.289 e. The van der Waals surface area contributed by atoms with E-state index in [1.54, 1.807) is 6.07 Å². The lowest BCUT2D eigenvalue weighted by atomic mass is 9.94. The molecule has 1 aliphatic rings. The van der Waals surface area contributed by atoms with Crippen LogP contribution in [0.1, 0.15) is 30.2 Å². The van der Waals surface area contributed by atoms with Crippen molar-refractivity contribution in [2.45, 2.75) is 30.2 Å². The van der Waals surface area contributed by atoms with Crippen LogP contribution in [0, 0.1) is 10.1 Å². The molecular weight excluding hydrogens is 308 g/mol. The third kappa shape index (κ3) is 2.62. The molecule has 8 heteroatoms. The molecule has 2 aromatic rings. The maximum atomic E-state index is 12.5. The van der Waals surface area contributed by atoms with E-state index in [1.165, 1.54) is 30.5 Å². The highest BCUT2D eigenvalue weighted by molar-refractivity contribution is 7.89. The number of para-hydroxylation sites is 1. The van der Waals surface area contributed by atoms with Gasteiger partial charge in [0.15, 0.2) is 4.90 Å². The number of aryl methyl sites for hydroxylation is 1. The van der Waals surface area contributed by atoms with Crippen LogP contribution in [0.2, 0.25) is 0 Å². The first-order valence-electron chi connectivity index (χ1n) is 6.81. The van der Waals surface area contributed by atoms with Crippen LogP contribution in [0.15, 0.2) is 45.9 Å². The summed E-state index contributed by atoms with van der Waals surface area (Å²) in [7, 11) is -3.99. The Morgan fingerprint density at radius 2 is 2.05 bits per heavy atom. The van der Waals surface area contributed by atoms with Crippen LogP contribution in [-0.4, -0.2) is 13.3 Å². The minimum Gasteiger partial charge on any atom is -0.469 e. The third-order valence-corrected chi connectivity index (χ3v) is 5.22. The standard InChI is InChI=1S/C14H14N2O5S/c17-16(18)12-5-1-2-7-14(12)22(19,20)15-11-4-3-6-13-10(11)8-9-21-13/h1-2,5,7-9,11,15H,3-4,6H2/t11-/m1/s1. The molecule has 0 radical (unpaired) electrons. The molecule has 0 amide bonds. The van der Waals surface area contributed by atoms with Crippen LogP contribution < -0.4 is 4.72 Å². The topological polar surface area (TPSA) is 102 Å². The maximum absolute atomic E-state index is 12.5. The number of rotatable bonds is 4. The molecule has 0 spiro atoms. The van der Waals surface area contributed by atoms with Crippen LogP contribution in [0.4, 0.5) is 5.69 Å². The second-order valence-corrected chi connectivity index (χ2v) is 6.77. The van der Waals surface area contributed by atoms with Gasteiger partial charge in [0.2, 0.25) is 10.0 Å². The van der Waals surface area contributed by atoms with E-state index >= 15 is 0 Å². The molecule has 0 fully saturated rings. The van der Waals surface area contributed by atoms with Crippen LogP contribution in [0.5, 0.6) is 0 Å². The smallest absolute Gasteiger partial charge is 0.289 e. The number of nitrogens with one attached hydrogen (secondary N) is 1. The van der Waals surface area contributed by atoms with Crippen molar-refractivity contribution >= 4 is 15.7 Å². The fourth-order valence-electron chi connectivity index (χ4n) is 2.69. The van der Waals surface area contributed by atoms with Gasteiger partial charge >= 0.3 is 0 Å². The largest absolute Gasteiger partial charge is 0.469 e. The average Bonchev–Trinajstić information content (AvgIpc) is 2.96. The number of nitro groups is 1. The van der Waals surface area contributed by atoms with Gasteiger partial charge in [0.1, 0.15) is 5.76 Å². The Kier molecular flexibility index (Phi) is 3.71. The van der Waals surface area contributed by atoms with Gasteiger partial charge in [-0.25, -0.2) is 13.1 Å². The molecule has 1 aromatic carbocycles. The second-order valence-electron chi connectivity index (χ2n) is 5.09. The molecule has 1 heterocycles. The fourth-order valence-corrected chi connectivity index (χ4v) is 4.12. The number of hydrogen-bond donors (Lipinski definition) is 1. The Morgan fingerprint density at radius 3 is 2.82 bits per heavy atom. The molecule has 22 heavy (non-hydrogen) atoms. The number of nitrogens with zero attached hydrogens (tertiary/aromatic N) is 1. The molecule has 1 aromatic heterocycles. The van der Waals surface area contributed by atoms with Crippen molar-refractivity contribution < 1.29 is 17.8 Å². The van der Waals surface area contributed by atoms with Gasteiger partial charge in [0.05, 0.1) is 17.2 Å². The quantitative estimate of drug-likeness (QED) is 0.688. The molecule has 116 valence electrons. The predicted octanol–water partition coefficient (Wildman–Crippen LogP) is 2.54. The average molecular weight is 322 g/mol. The molecule has 7 nitrogen and oxygen atoms in total. The van der Waals surface area contributed by atoms with Crippen molar-refractivity contribution in [1.29, 1.82) is 0 Å². The second kappa shape index (κ2) is 5.54. The molecule has 0 unspecified atom stereocenters. The van der Waals surface area contributed by atoms with E-state index in [4.69, 9.17) is 4.42 Å². The molecule has 1 N–H and O–H groups in total. The number of benzene rings is 1. The zero-order valence-corrected chi connectivity index (χ0v) is 12.4. The zero-order chi connectivity index (χ0) is 15.7. The Morgan fingerprint density at radius 1 is 1.27 bits per heavy atom. The van der Waals surface area contributed by atoms with Gasteiger partial charge < -0.3 is 4.42 Å². The van der Waals surface area contributed by atoms with Gasteiger partial charge in [-0.15, -0.1) is 0 Å². The molecule has 0 saturated carbocycles. The summed E-state index contributed by atoms with van der Waals surface area (Å²) in [6.45, 7) is 0. The first-order valence-corrected chi connectivity index (χ1v) is 8.29. The van der Waals surface area contributed by atoms with Crippen LogP contribution in [-0.2, 0) is 16.4 Å². The van der Waals surface area contributed by atoms with E-state index in [-0.39, 0.29) is 4.90 Å². The molecule has 1 aliphatic carbocycles. The van der Waals surface area contributed by atoms with E-state index in [0.717, 1.165) is 24.2 Å². The van der Waals surface area contributed by atoms with E-state index < -0.39 is 26.7 Å². The van der Waals surface area contributed by atoms with Crippen molar-refractivity contribution in [3.63, 3.8) is 0 Å². The summed E-state index contributed by atoms with van der Waals surface area (Å²) in [5, 5.41) is 11.0. The van der Waals surface area contributed by atoms with Crippen molar-refractivity contribution in [3.8, 4) is 0 Å². The molecule has 0 saturated heterocycles. The lowest BCUT2D eigenvalue weighted by Crippen LogP contribution is -2.31. The van der Waals surface area contributed by atoms with Gasteiger partial charge in [-0.3, -0.25) is 10.1 Å². The summed E-state index contributed by atoms with van der Waals surface area (Å²) < 4.78 is 32.9. The first-order chi connectivity index (χ1) is 10.5. The van der Waals surface area contributed by atoms with Crippen molar-refractivity contribution in [3.05, 3.63) is 58.0 Å². The number of fused-ring (bicyclic) bond motifs is 1. The van der Waals surface area contributed by atoms with Crippen LogP contribution in [0.3, 0.4) is 0 Å². The Labute approximate surface area is 127 Å². The Balaban J connectivity index is 1.95. The van der Waals surface area contributed by atoms with Gasteiger partial charge in [0, 0.05) is 18.1 Å². The highest BCUT2D eigenvalue weighted by atomic mass is 32.2. The SMILES string of the molecule is O=[N+]([O-])c1ccccc1S(=O)(=O)N[C@@H]1CCCc2occc21. The third-order valence-electron chi connectivity index (χ3n) is 3.70. The zero-order valence-electron chi connectivity index (χ0n) is 11.6. The lowest BCUT2D eigenvalue weighted by molar-refractivity contribution is -0.387. The minimum absolute atomic E-state index is 0.324. The van der Waals surface area contributed by atoms with Gasteiger partial charge in [-0.05, 0) is 25.0 Å². The molecule has 0 aliphatic heterocycles. The summed E-state index contributed by atoms with van der Waals surface area (Å²) in [6, 6.07) is 6.63. The summed E-state index contributed by atoms with van der Waals surface area (Å²) in [6.07, 6.45) is 3.73. The number of hydrogen-bond acceptors (Lipinski definition) is 5. The monoisotopic (exact) mass is 322 g/mol. The molecule has 3 rings (SSSR count). The lowest BCUT2D eigenvalue weighted by Gasteiger charge is -2.22. The van der Waals surface area contributed by atoms with Crippen LogP contribution >= 0.6 is 0 Å². The van der Waals surface area contributed by atoms with E-state index in [2.05, 4.69) is 4.72 Å². The van der Waals surface area contributed by atoms with Crippen molar-refractivity contribution in [1.82, 2.24) is 4.72 Å². The van der Waals surface area contributed by atoms with Gasteiger partial charge in [-0.2, -0.15) is 0 Å². The number of sulfonamides is 1. The Bertz CT molecular complexity index is 812. The summed E-state index contributed by atoms with van der Waals surface area (Å²) in [4.78, 5) is 10.00. The van der Waals surface area contributed by atoms with E-state index in [1.807, 2.05) is 0 Å². The highest BCUT2D eigenvalue weighted by Crippen LogP contribution is 2.32. The first kappa shape index (κ1) is 14.7. The van der Waals surface area contributed by atoms with Crippen molar-refractivity contribution in [2.75, 3.05) is 0 Å². The molecule has 0 bridgehead atoms. The predicted molar refractivity (Wildman–Crippen MR) is 77.8 cm³/mol. The number of furan rings is 1. The fraction of sp³-hybridized carbons (Fsp3) is 0.286. The van der Waals surface area contributed by atoms with Crippen LogP contribution in [0.25, 0.3) is 0 Å². The minimum atomic E-state index is -3.99. The van der Waals surface area contributed by atoms with Gasteiger partial charge in [-0.1, -0.05) is 12.1 Å². The van der Waals surface area contributed by atoms with E-state index in [0.29, 0.717) is 6.42 Å². The van der Waals surface area contributed by atoms with Gasteiger partial charge in [0.25, 0.3) is 5.69 Å². The summed E-state index contributed by atoms with van der Waals surface area (Å²) in [5.41, 5.74) is 0.367. The van der Waals surface area contributed by atoms with E-state index in [9.17, 15) is 18.5 Å². The molecular formula is C14H14N2O5S. The highest BCUT2D eigenvalue weighted by Gasteiger charge is 2.31.